The van der Waals surface area contributed by atoms with E-state index in [4.69, 9.17) is 0 Å². The molecule has 3 rings (SSSR count). The zero-order valence-corrected chi connectivity index (χ0v) is 16.1. The van der Waals surface area contributed by atoms with Gasteiger partial charge in [-0.2, -0.15) is 0 Å². The lowest BCUT2D eigenvalue weighted by Crippen LogP contribution is -2.46. The summed E-state index contributed by atoms with van der Waals surface area (Å²) in [7, 11) is -3.16. The van der Waals surface area contributed by atoms with Crippen molar-refractivity contribution in [1.82, 2.24) is 10.9 Å². The topological polar surface area (TPSA) is 92.3 Å². The van der Waals surface area contributed by atoms with Crippen LogP contribution in [-0.2, 0) is 19.4 Å². The largest absolute Gasteiger partial charge is 0.273 e. The zero-order chi connectivity index (χ0) is 19.3. The highest BCUT2D eigenvalue weighted by atomic mass is 32.2. The minimum Gasteiger partial charge on any atom is -0.273 e. The fourth-order valence-corrected chi connectivity index (χ4v) is 5.62. The smallest absolute Gasteiger partial charge is 0.256 e. The summed E-state index contributed by atoms with van der Waals surface area (Å²) < 4.78 is 23.0. The van der Waals surface area contributed by atoms with E-state index < -0.39 is 26.9 Å². The van der Waals surface area contributed by atoms with Crippen molar-refractivity contribution in [1.29, 1.82) is 0 Å². The fourth-order valence-electron chi connectivity index (χ4n) is 2.83. The molecule has 0 unspecified atom stereocenters. The summed E-state index contributed by atoms with van der Waals surface area (Å²) in [5.41, 5.74) is 5.64. The molecule has 0 bridgehead atoms. The summed E-state index contributed by atoms with van der Waals surface area (Å²) in [4.78, 5) is 25.8. The molecule has 1 saturated heterocycles. The minimum absolute atomic E-state index is 0.00946. The molecule has 1 aliphatic rings. The van der Waals surface area contributed by atoms with E-state index in [-0.39, 0.29) is 23.8 Å². The van der Waals surface area contributed by atoms with Crippen LogP contribution in [0.3, 0.4) is 0 Å². The van der Waals surface area contributed by atoms with Crippen LogP contribution < -0.4 is 10.9 Å². The number of nitrogens with one attached hydrogen (secondary N) is 2. The molecule has 2 atom stereocenters. The van der Waals surface area contributed by atoms with Crippen molar-refractivity contribution < 1.29 is 18.0 Å². The van der Waals surface area contributed by atoms with Gasteiger partial charge in [0.05, 0.1) is 17.4 Å². The van der Waals surface area contributed by atoms with E-state index in [9.17, 15) is 18.0 Å². The molecule has 1 heterocycles. The summed E-state index contributed by atoms with van der Waals surface area (Å²) >= 11 is 1.37. The Bertz CT molecular complexity index is 902. The quantitative estimate of drug-likeness (QED) is 0.588. The number of hydrogen-bond acceptors (Lipinski definition) is 5. The average Bonchev–Trinajstić information content (AvgIpc) is 3.05. The van der Waals surface area contributed by atoms with Crippen LogP contribution in [0.1, 0.15) is 17.2 Å². The Kier molecular flexibility index (Phi) is 6.18. The Balaban J connectivity index is 1.67. The van der Waals surface area contributed by atoms with Gasteiger partial charge in [0, 0.05) is 4.90 Å². The lowest BCUT2D eigenvalue weighted by Gasteiger charge is -2.18. The zero-order valence-electron chi connectivity index (χ0n) is 14.5. The van der Waals surface area contributed by atoms with E-state index >= 15 is 0 Å². The van der Waals surface area contributed by atoms with Gasteiger partial charge in [-0.15, -0.1) is 11.8 Å². The predicted molar refractivity (Wildman–Crippen MR) is 105 cm³/mol. The average molecular weight is 405 g/mol. The summed E-state index contributed by atoms with van der Waals surface area (Å²) in [6, 6.07) is 18.8. The second-order valence-electron chi connectivity index (χ2n) is 6.30. The molecule has 1 fully saturated rings. The van der Waals surface area contributed by atoms with Gasteiger partial charge in [0.2, 0.25) is 5.91 Å². The molecule has 1 aliphatic heterocycles. The molecule has 2 aromatic rings. The number of rotatable bonds is 5. The number of benzene rings is 2. The maximum absolute atomic E-state index is 12.7. The maximum Gasteiger partial charge on any atom is 0.256 e. The Labute approximate surface area is 162 Å². The van der Waals surface area contributed by atoms with Crippen LogP contribution in [0.5, 0.6) is 0 Å². The molecule has 0 radical (unpaired) electrons. The third-order valence-electron chi connectivity index (χ3n) is 4.25. The molecule has 2 amide bonds. The van der Waals surface area contributed by atoms with Crippen LogP contribution in [0.15, 0.2) is 65.6 Å². The van der Waals surface area contributed by atoms with Crippen molar-refractivity contribution in [2.45, 2.75) is 16.6 Å². The van der Waals surface area contributed by atoms with E-state index in [0.29, 0.717) is 0 Å². The van der Waals surface area contributed by atoms with Crippen LogP contribution in [0, 0.1) is 5.92 Å². The Morgan fingerprint density at radius 3 is 2.19 bits per heavy atom. The predicted octanol–water partition coefficient (Wildman–Crippen LogP) is 2.10. The van der Waals surface area contributed by atoms with E-state index in [0.717, 1.165) is 10.5 Å². The summed E-state index contributed by atoms with van der Waals surface area (Å²) in [6.45, 7) is 0. The lowest BCUT2D eigenvalue weighted by molar-refractivity contribution is -0.130. The van der Waals surface area contributed by atoms with Crippen LogP contribution in [0.2, 0.25) is 0 Å². The number of thioether (sulfide) groups is 1. The highest BCUT2D eigenvalue weighted by Gasteiger charge is 2.33. The van der Waals surface area contributed by atoms with Gasteiger partial charge >= 0.3 is 0 Å². The van der Waals surface area contributed by atoms with Crippen LogP contribution >= 0.6 is 11.8 Å². The molecular weight excluding hydrogens is 384 g/mol. The standard InChI is InChI=1S/C19H20N2O4S2/c22-18(15-11-12-27(24,25)13-15)20-21-19(23)17(14-7-3-1-4-8-14)26-16-9-5-2-6-10-16/h1-10,15,17H,11-13H2,(H,20,22)(H,21,23)/t15-,17-/m1/s1. The number of hydrazine groups is 1. The lowest BCUT2D eigenvalue weighted by atomic mass is 10.1. The van der Waals surface area contributed by atoms with E-state index in [1.54, 1.807) is 0 Å². The Morgan fingerprint density at radius 2 is 1.59 bits per heavy atom. The van der Waals surface area contributed by atoms with Crippen molar-refractivity contribution in [3.63, 3.8) is 0 Å². The first-order valence-electron chi connectivity index (χ1n) is 8.51. The van der Waals surface area contributed by atoms with Gasteiger partial charge in [0.1, 0.15) is 5.25 Å². The number of carbonyl (C=O) groups is 2. The van der Waals surface area contributed by atoms with Crippen molar-refractivity contribution in [2.24, 2.45) is 5.92 Å². The molecule has 2 N–H and O–H groups in total. The Morgan fingerprint density at radius 1 is 0.963 bits per heavy atom. The molecule has 142 valence electrons. The molecule has 0 saturated carbocycles. The highest BCUT2D eigenvalue weighted by Crippen LogP contribution is 2.35. The van der Waals surface area contributed by atoms with Crippen molar-refractivity contribution in [3.8, 4) is 0 Å². The highest BCUT2D eigenvalue weighted by molar-refractivity contribution is 8.00. The summed E-state index contributed by atoms with van der Waals surface area (Å²) in [5, 5.41) is -0.554. The molecular formula is C19H20N2O4S2. The number of hydrogen-bond donors (Lipinski definition) is 2. The number of carbonyl (C=O) groups excluding carboxylic acids is 2. The molecule has 0 aromatic heterocycles. The van der Waals surface area contributed by atoms with Gasteiger partial charge in [-0.3, -0.25) is 20.4 Å². The van der Waals surface area contributed by atoms with Gasteiger partial charge in [-0.05, 0) is 24.1 Å². The van der Waals surface area contributed by atoms with Gasteiger partial charge < -0.3 is 0 Å². The van der Waals surface area contributed by atoms with Crippen LogP contribution in [0.25, 0.3) is 0 Å². The fraction of sp³-hybridized carbons (Fsp3) is 0.263. The molecule has 8 heteroatoms. The Hall–Kier alpha value is -2.32. The van der Waals surface area contributed by atoms with Gasteiger partial charge in [-0.25, -0.2) is 8.42 Å². The number of amides is 2. The molecule has 0 spiro atoms. The third-order valence-corrected chi connectivity index (χ3v) is 7.28. The monoisotopic (exact) mass is 404 g/mol. The second kappa shape index (κ2) is 8.58. The maximum atomic E-state index is 12.7. The summed E-state index contributed by atoms with van der Waals surface area (Å²) in [5.74, 6) is -1.62. The SMILES string of the molecule is O=C(NNC(=O)[C@H](Sc1ccccc1)c1ccccc1)[C@@H]1CCS(=O)(=O)C1. The molecule has 0 aliphatic carbocycles. The minimum atomic E-state index is -3.16. The second-order valence-corrected chi connectivity index (χ2v) is 9.71. The van der Waals surface area contributed by atoms with Crippen LogP contribution in [-0.4, -0.2) is 31.7 Å². The van der Waals surface area contributed by atoms with Gasteiger partial charge in [-0.1, -0.05) is 48.5 Å². The summed E-state index contributed by atoms with van der Waals surface area (Å²) in [6.07, 6.45) is 0.283. The van der Waals surface area contributed by atoms with Crippen molar-refractivity contribution in [3.05, 3.63) is 66.2 Å². The molecule has 2 aromatic carbocycles. The number of sulfone groups is 1. The van der Waals surface area contributed by atoms with Crippen LogP contribution in [0.4, 0.5) is 0 Å². The van der Waals surface area contributed by atoms with E-state index in [2.05, 4.69) is 10.9 Å². The van der Waals surface area contributed by atoms with Gasteiger partial charge in [0.25, 0.3) is 5.91 Å². The normalized spacial score (nSPS) is 19.2. The van der Waals surface area contributed by atoms with Crippen molar-refractivity contribution in [2.75, 3.05) is 11.5 Å². The molecule has 27 heavy (non-hydrogen) atoms. The first-order chi connectivity index (χ1) is 12.9. The molecule has 6 nitrogen and oxygen atoms in total. The van der Waals surface area contributed by atoms with Gasteiger partial charge in [0.15, 0.2) is 9.84 Å². The van der Waals surface area contributed by atoms with Crippen molar-refractivity contribution >= 4 is 33.4 Å². The third kappa shape index (κ3) is 5.33. The van der Waals surface area contributed by atoms with E-state index in [1.807, 2.05) is 60.7 Å². The van der Waals surface area contributed by atoms with E-state index in [1.165, 1.54) is 11.8 Å². The first kappa shape index (κ1) is 19.4. The first-order valence-corrected chi connectivity index (χ1v) is 11.2.